The molecule has 2 rings (SSSR count). The van der Waals surface area contributed by atoms with E-state index in [-0.39, 0.29) is 11.9 Å². The topological polar surface area (TPSA) is 69.2 Å². The van der Waals surface area contributed by atoms with Crippen molar-refractivity contribution in [2.45, 2.75) is 40.7 Å². The van der Waals surface area contributed by atoms with E-state index < -0.39 is 5.97 Å². The van der Waals surface area contributed by atoms with Crippen molar-refractivity contribution in [3.63, 3.8) is 0 Å². The molecule has 2 unspecified atom stereocenters. The van der Waals surface area contributed by atoms with E-state index in [1.54, 1.807) is 6.92 Å². The summed E-state index contributed by atoms with van der Waals surface area (Å²) in [6, 6.07) is 6.69. The molecule has 0 saturated heterocycles. The number of nitrogens with one attached hydrogen (secondary N) is 1. The van der Waals surface area contributed by atoms with Gasteiger partial charge in [0, 0.05) is 32.3 Å². The predicted molar refractivity (Wildman–Crippen MR) is 80.9 cm³/mol. The molecule has 2 atom stereocenters. The molecule has 21 heavy (non-hydrogen) atoms. The van der Waals surface area contributed by atoms with Crippen LogP contribution in [0.3, 0.4) is 0 Å². The maximum atomic E-state index is 11.4. The van der Waals surface area contributed by atoms with Crippen LogP contribution in [0.1, 0.15) is 38.8 Å². The summed E-state index contributed by atoms with van der Waals surface area (Å²) in [5, 5.41) is 8.89. The Morgan fingerprint density at radius 2 is 1.86 bits per heavy atom. The van der Waals surface area contributed by atoms with Crippen molar-refractivity contribution in [1.82, 2.24) is 10.0 Å². The lowest BCUT2D eigenvalue weighted by molar-refractivity contribution is -0.302. The fourth-order valence-corrected chi connectivity index (χ4v) is 2.68. The maximum absolute atomic E-state index is 11.4. The first-order valence-electron chi connectivity index (χ1n) is 6.87. The SMILES string of the molecule is CC(=O)N[N+]1(C)c2ccc(C)cc2[C+](C)C1C.CC(=O)[O-]. The highest BCUT2D eigenvalue weighted by molar-refractivity contribution is 5.76. The minimum atomic E-state index is -1.08. The normalized spacial score (nSPS) is 23.0. The summed E-state index contributed by atoms with van der Waals surface area (Å²) in [7, 11) is 2.05. The van der Waals surface area contributed by atoms with Crippen LogP contribution in [-0.4, -0.2) is 25.0 Å². The molecule has 1 N–H and O–H groups in total. The second kappa shape index (κ2) is 6.18. The van der Waals surface area contributed by atoms with Crippen LogP contribution in [0.15, 0.2) is 18.2 Å². The second-order valence-corrected chi connectivity index (χ2v) is 5.61. The van der Waals surface area contributed by atoms with Gasteiger partial charge in [-0.25, -0.2) is 0 Å². The molecule has 114 valence electrons. The second-order valence-electron chi connectivity index (χ2n) is 5.61. The number of likely N-dealkylation sites (N-methyl/N-ethyl adjacent to an activating group) is 1. The van der Waals surface area contributed by atoms with Crippen LogP contribution in [0.5, 0.6) is 0 Å². The van der Waals surface area contributed by atoms with E-state index in [0.29, 0.717) is 4.59 Å². The predicted octanol–water partition coefficient (Wildman–Crippen LogP) is 1.08. The number of benzene rings is 1. The van der Waals surface area contributed by atoms with Gasteiger partial charge in [-0.2, -0.15) is 5.43 Å². The average molecular weight is 291 g/mol. The lowest BCUT2D eigenvalue weighted by Crippen LogP contribution is -2.61. The number of rotatable bonds is 1. The Morgan fingerprint density at radius 3 is 2.33 bits per heavy atom. The van der Waals surface area contributed by atoms with E-state index in [1.165, 1.54) is 22.7 Å². The van der Waals surface area contributed by atoms with Crippen LogP contribution >= 0.6 is 0 Å². The number of fused-ring (bicyclic) bond motifs is 1. The van der Waals surface area contributed by atoms with Crippen molar-refractivity contribution in [2.24, 2.45) is 0 Å². The molecule has 0 spiro atoms. The van der Waals surface area contributed by atoms with Crippen molar-refractivity contribution in [3.05, 3.63) is 35.2 Å². The summed E-state index contributed by atoms with van der Waals surface area (Å²) in [6.07, 6.45) is 0. The van der Waals surface area contributed by atoms with E-state index >= 15 is 0 Å². The fraction of sp³-hybridized carbons (Fsp3) is 0.438. The molecule has 0 bridgehead atoms. The molecule has 0 saturated carbocycles. The quantitative estimate of drug-likeness (QED) is 0.622. The molecule has 1 aliphatic heterocycles. The summed E-state index contributed by atoms with van der Waals surface area (Å²) in [5.41, 5.74) is 6.76. The van der Waals surface area contributed by atoms with E-state index in [4.69, 9.17) is 9.90 Å². The Balaban J connectivity index is 0.000000491. The van der Waals surface area contributed by atoms with Crippen molar-refractivity contribution < 1.29 is 14.7 Å². The summed E-state index contributed by atoms with van der Waals surface area (Å²) >= 11 is 0. The van der Waals surface area contributed by atoms with E-state index in [9.17, 15) is 4.79 Å². The van der Waals surface area contributed by atoms with Gasteiger partial charge in [0.2, 0.25) is 5.56 Å². The zero-order valence-corrected chi connectivity index (χ0v) is 13.5. The number of carboxylic acids is 1. The van der Waals surface area contributed by atoms with Gasteiger partial charge in [-0.1, -0.05) is 0 Å². The number of carbonyl (C=O) groups excluding carboxylic acids is 2. The van der Waals surface area contributed by atoms with Crippen molar-refractivity contribution in [1.29, 1.82) is 0 Å². The van der Waals surface area contributed by atoms with Gasteiger partial charge in [0.1, 0.15) is 13.0 Å². The van der Waals surface area contributed by atoms with Gasteiger partial charge in [-0.15, -0.1) is 4.59 Å². The number of amides is 1. The molecule has 1 amide bonds. The lowest BCUT2D eigenvalue weighted by atomic mass is 9.97. The molecule has 5 nitrogen and oxygen atoms in total. The number of hydrogen-bond donors (Lipinski definition) is 1. The Kier molecular flexibility index (Phi) is 5.01. The third-order valence-corrected chi connectivity index (χ3v) is 3.87. The number of quaternary nitrogens is 1. The number of hydrogen-bond acceptors (Lipinski definition) is 3. The first kappa shape index (κ1) is 17.0. The van der Waals surface area contributed by atoms with E-state index in [0.717, 1.165) is 6.92 Å². The fourth-order valence-electron chi connectivity index (χ4n) is 2.68. The summed E-state index contributed by atoms with van der Waals surface area (Å²) in [4.78, 5) is 20.3. The number of carboxylic acid groups (broad SMARTS) is 1. The lowest BCUT2D eigenvalue weighted by Gasteiger charge is -2.29. The van der Waals surface area contributed by atoms with Gasteiger partial charge in [0.15, 0.2) is 6.04 Å². The zero-order valence-electron chi connectivity index (χ0n) is 13.5. The Bertz CT molecular complexity index is 552. The molecular weight excluding hydrogens is 268 g/mol. The van der Waals surface area contributed by atoms with Crippen LogP contribution < -0.4 is 15.1 Å². The summed E-state index contributed by atoms with van der Waals surface area (Å²) < 4.78 is 0.469. The smallest absolute Gasteiger partial charge is 0.265 e. The highest BCUT2D eigenvalue weighted by Gasteiger charge is 2.54. The third kappa shape index (κ3) is 3.55. The first-order valence-corrected chi connectivity index (χ1v) is 6.87. The Labute approximate surface area is 126 Å². The van der Waals surface area contributed by atoms with Gasteiger partial charge in [0.25, 0.3) is 11.6 Å². The van der Waals surface area contributed by atoms with Crippen LogP contribution in [-0.2, 0) is 9.59 Å². The minimum absolute atomic E-state index is 0.000532. The molecule has 1 aromatic rings. The van der Waals surface area contributed by atoms with Crippen LogP contribution in [0.4, 0.5) is 5.69 Å². The van der Waals surface area contributed by atoms with E-state index in [1.807, 2.05) is 0 Å². The number of carbonyl (C=O) groups is 2. The zero-order chi connectivity index (χ0) is 16.4. The van der Waals surface area contributed by atoms with Crippen molar-refractivity contribution >= 4 is 17.6 Å². The molecule has 0 radical (unpaired) electrons. The largest absolute Gasteiger partial charge is 0.550 e. The van der Waals surface area contributed by atoms with Crippen LogP contribution in [0, 0.1) is 12.8 Å². The molecule has 1 aromatic carbocycles. The van der Waals surface area contributed by atoms with Gasteiger partial charge in [-0.3, -0.25) is 4.79 Å². The highest BCUT2D eigenvalue weighted by Crippen LogP contribution is 2.43. The van der Waals surface area contributed by atoms with Gasteiger partial charge >= 0.3 is 0 Å². The standard InChI is InChI=1S/C14H19N2O.C2H4O2/c1-9-6-7-14-13(8-9)10(2)11(3)16(14,5)15-12(4)17;1-2(3)4/h6-8,11H,1-5H3;1H3,(H,3,4)/q+1;. The Morgan fingerprint density at radius 1 is 1.33 bits per heavy atom. The summed E-state index contributed by atoms with van der Waals surface area (Å²) in [6.45, 7) is 8.94. The van der Waals surface area contributed by atoms with Gasteiger partial charge < -0.3 is 9.90 Å². The minimum Gasteiger partial charge on any atom is -0.550 e. The van der Waals surface area contributed by atoms with E-state index in [2.05, 4.69) is 51.4 Å². The molecule has 0 aromatic heterocycles. The monoisotopic (exact) mass is 291 g/mol. The molecule has 0 fully saturated rings. The Hall–Kier alpha value is -2.01. The number of aliphatic carboxylic acids is 1. The number of nitrogens with zero attached hydrogens (tertiary/aromatic N) is 1. The average Bonchev–Trinajstić information content (AvgIpc) is 2.50. The summed E-state index contributed by atoms with van der Waals surface area (Å²) in [5.74, 6) is 0.250. The van der Waals surface area contributed by atoms with Gasteiger partial charge in [-0.05, 0) is 19.9 Å². The van der Waals surface area contributed by atoms with Crippen LogP contribution in [0.2, 0.25) is 0 Å². The van der Waals surface area contributed by atoms with Crippen molar-refractivity contribution in [2.75, 3.05) is 7.05 Å². The van der Waals surface area contributed by atoms with Crippen LogP contribution in [0.25, 0.3) is 0 Å². The highest BCUT2D eigenvalue weighted by atomic mass is 16.4. The molecule has 1 heterocycles. The molecule has 1 aliphatic rings. The maximum Gasteiger partial charge on any atom is 0.265 e. The van der Waals surface area contributed by atoms with Crippen molar-refractivity contribution in [3.8, 4) is 0 Å². The number of aryl methyl sites for hydroxylation is 1. The molecular formula is C16H23N2O3+. The molecule has 5 heteroatoms. The molecule has 0 aliphatic carbocycles. The van der Waals surface area contributed by atoms with Gasteiger partial charge in [0.05, 0.1) is 12.1 Å². The third-order valence-electron chi connectivity index (χ3n) is 3.87. The first-order chi connectivity index (χ1) is 9.59.